The van der Waals surface area contributed by atoms with Gasteiger partial charge in [-0.05, 0) is 55.2 Å². The first-order valence-corrected chi connectivity index (χ1v) is 13.2. The Morgan fingerprint density at radius 2 is 1.97 bits per heavy atom. The Morgan fingerprint density at radius 1 is 1.24 bits per heavy atom. The molecule has 2 aliphatic heterocycles. The van der Waals surface area contributed by atoms with E-state index in [4.69, 9.17) is 25.8 Å². The average molecular weight is 549 g/mol. The number of benzene rings is 1. The fourth-order valence-corrected chi connectivity index (χ4v) is 5.92. The van der Waals surface area contributed by atoms with Gasteiger partial charge in [0.15, 0.2) is 5.72 Å². The second-order valence-electron chi connectivity index (χ2n) is 11.0. The van der Waals surface area contributed by atoms with Gasteiger partial charge in [0.2, 0.25) is 5.91 Å². The zero-order valence-electron chi connectivity index (χ0n) is 22.5. The normalized spacial score (nSPS) is 36.3. The fraction of sp³-hybridized carbons (Fsp3) is 0.571. The lowest BCUT2D eigenvalue weighted by atomic mass is 9.90. The highest BCUT2D eigenvalue weighted by Crippen LogP contribution is 2.58. The molecule has 2 amide bonds. The molecule has 0 aromatic heterocycles. The molecular formula is C28H37ClN2O7. The lowest BCUT2D eigenvalue weighted by molar-refractivity contribution is -0.135. The van der Waals surface area contributed by atoms with Gasteiger partial charge in [0.25, 0.3) is 0 Å². The number of nitrogens with one attached hydrogen (secondary N) is 1. The number of aliphatic hydroxyl groups is 2. The number of nitrogens with zero attached hydrogens (tertiary/aromatic N) is 1. The second-order valence-corrected chi connectivity index (χ2v) is 11.3. The third-order valence-corrected chi connectivity index (χ3v) is 8.56. The summed E-state index contributed by atoms with van der Waals surface area (Å²) in [5, 5.41) is 25.3. The van der Waals surface area contributed by atoms with Gasteiger partial charge in [0.1, 0.15) is 23.0 Å². The number of carbonyl (C=O) groups excluding carboxylic acids is 2. The van der Waals surface area contributed by atoms with Crippen molar-refractivity contribution >= 4 is 29.3 Å². The van der Waals surface area contributed by atoms with E-state index in [1.165, 1.54) is 19.1 Å². The van der Waals surface area contributed by atoms with Gasteiger partial charge < -0.3 is 29.3 Å². The van der Waals surface area contributed by atoms with Crippen LogP contribution in [-0.4, -0.2) is 67.5 Å². The zero-order chi connectivity index (χ0) is 27.8. The van der Waals surface area contributed by atoms with Crippen LogP contribution in [0.2, 0.25) is 5.02 Å². The second kappa shape index (κ2) is 10.9. The fourth-order valence-electron chi connectivity index (χ4n) is 5.60. The maximum atomic E-state index is 13.2. The van der Waals surface area contributed by atoms with E-state index in [-0.39, 0.29) is 24.7 Å². The zero-order valence-corrected chi connectivity index (χ0v) is 23.2. The van der Waals surface area contributed by atoms with Crippen molar-refractivity contribution in [1.82, 2.24) is 5.32 Å². The smallest absolute Gasteiger partial charge is 0.409 e. The molecule has 1 aromatic carbocycles. The number of fused-ring (bicyclic) bond motifs is 5. The topological polar surface area (TPSA) is 118 Å². The Bertz CT molecular complexity index is 1150. The van der Waals surface area contributed by atoms with Crippen molar-refractivity contribution in [3.63, 3.8) is 0 Å². The van der Waals surface area contributed by atoms with E-state index in [9.17, 15) is 19.8 Å². The van der Waals surface area contributed by atoms with Crippen molar-refractivity contribution in [2.24, 2.45) is 11.3 Å². The van der Waals surface area contributed by atoms with Crippen LogP contribution in [0.15, 0.2) is 35.9 Å². The van der Waals surface area contributed by atoms with E-state index < -0.39 is 35.5 Å². The van der Waals surface area contributed by atoms with Crippen LogP contribution in [0, 0.1) is 11.3 Å². The van der Waals surface area contributed by atoms with Gasteiger partial charge >= 0.3 is 6.09 Å². The van der Waals surface area contributed by atoms with E-state index >= 15 is 0 Å². The Labute approximate surface area is 228 Å². The third-order valence-electron chi connectivity index (χ3n) is 8.18. The molecule has 2 heterocycles. The molecule has 1 saturated heterocycles. The molecular weight excluding hydrogens is 512 g/mol. The molecule has 9 nitrogen and oxygen atoms in total. The number of rotatable bonds is 2. The molecule has 1 saturated carbocycles. The molecule has 4 bridgehead atoms. The summed E-state index contributed by atoms with van der Waals surface area (Å²) >= 11 is 6.59. The highest BCUT2D eigenvalue weighted by Gasteiger charge is 2.57. The maximum absolute atomic E-state index is 13.2. The van der Waals surface area contributed by atoms with Crippen molar-refractivity contribution in [3.05, 3.63) is 46.5 Å². The Morgan fingerprint density at radius 3 is 2.66 bits per heavy atom. The Balaban J connectivity index is 1.72. The van der Waals surface area contributed by atoms with Gasteiger partial charge in [0, 0.05) is 20.6 Å². The van der Waals surface area contributed by atoms with Crippen molar-refractivity contribution in [1.29, 1.82) is 0 Å². The molecule has 0 spiro atoms. The number of ether oxygens (including phenoxy) is 3. The summed E-state index contributed by atoms with van der Waals surface area (Å²) in [5.74, 6) is 0.198. The molecule has 10 heteroatoms. The van der Waals surface area contributed by atoms with Crippen molar-refractivity contribution in [2.45, 2.75) is 70.0 Å². The van der Waals surface area contributed by atoms with Gasteiger partial charge in [-0.1, -0.05) is 42.3 Å². The summed E-state index contributed by atoms with van der Waals surface area (Å²) in [7, 11) is 4.63. The van der Waals surface area contributed by atoms with Gasteiger partial charge in [-0.25, -0.2) is 4.79 Å². The van der Waals surface area contributed by atoms with E-state index in [0.717, 1.165) is 11.1 Å². The highest BCUT2D eigenvalue weighted by molar-refractivity contribution is 6.35. The predicted octanol–water partition coefficient (Wildman–Crippen LogP) is 3.74. The summed E-state index contributed by atoms with van der Waals surface area (Å²) < 4.78 is 16.5. The van der Waals surface area contributed by atoms with Crippen molar-refractivity contribution < 1.29 is 34.0 Å². The minimum absolute atomic E-state index is 0.0203. The number of amides is 2. The first-order chi connectivity index (χ1) is 17.9. The summed E-state index contributed by atoms with van der Waals surface area (Å²) in [6, 6.07) is 3.68. The minimum atomic E-state index is -1.66. The van der Waals surface area contributed by atoms with Crippen LogP contribution in [0.4, 0.5) is 10.5 Å². The largest absolute Gasteiger partial charge is 0.495 e. The average Bonchev–Trinajstić information content (AvgIpc) is 3.51. The number of aliphatic hydroxyl groups excluding tert-OH is 1. The Hall–Kier alpha value is -2.59. The minimum Gasteiger partial charge on any atom is -0.495 e. The van der Waals surface area contributed by atoms with Crippen molar-refractivity contribution in [2.75, 3.05) is 26.2 Å². The molecule has 1 aliphatic carbocycles. The number of hydrogen-bond acceptors (Lipinski definition) is 7. The molecule has 4 unspecified atom stereocenters. The molecule has 4 rings (SSSR count). The van der Waals surface area contributed by atoms with Gasteiger partial charge in [-0.3, -0.25) is 10.1 Å². The molecule has 38 heavy (non-hydrogen) atoms. The summed E-state index contributed by atoms with van der Waals surface area (Å²) in [6.07, 6.45) is 4.09. The Kier molecular flexibility index (Phi) is 8.14. The van der Waals surface area contributed by atoms with Crippen LogP contribution in [0.25, 0.3) is 0 Å². The first kappa shape index (κ1) is 28.4. The van der Waals surface area contributed by atoms with Crippen LogP contribution in [0.5, 0.6) is 5.75 Å². The predicted molar refractivity (Wildman–Crippen MR) is 143 cm³/mol. The van der Waals surface area contributed by atoms with Gasteiger partial charge in [-0.2, -0.15) is 0 Å². The molecule has 208 valence electrons. The lowest BCUT2D eigenvalue weighted by Gasteiger charge is -2.40. The molecule has 0 radical (unpaired) electrons. The van der Waals surface area contributed by atoms with Crippen LogP contribution in [0.3, 0.4) is 0 Å². The van der Waals surface area contributed by atoms with Crippen LogP contribution < -0.4 is 15.0 Å². The quantitative estimate of drug-likeness (QED) is 0.515. The number of allylic oxidation sites excluding steroid dienone is 3. The molecule has 3 aliphatic rings. The highest BCUT2D eigenvalue weighted by atomic mass is 35.5. The van der Waals surface area contributed by atoms with E-state index in [1.54, 1.807) is 19.2 Å². The summed E-state index contributed by atoms with van der Waals surface area (Å²) in [4.78, 5) is 27.1. The number of alkyl carbamates (subject to hydrolysis) is 1. The number of halogens is 1. The SMILES string of the molecule is COc1cc2cc(c1Cl)N(C)C(=O)CC(O)C1(C)CC1C[C@@H]1C[C@@](O)(NC(=O)O1)C(OC)/C=C/C=C(\C)C2. The standard InChI is InChI=1S/C28H37ClN2O7/c1-16-7-6-8-23(37-5)28(35)15-19(38-26(34)30-28)12-18-14-27(18,2)22(32)13-24(33)31(3)20-10-17(9-16)11-21(36-4)25(20)29/h6-8,10-11,18-19,22-23,32,35H,9,12-15H2,1-5H3,(H,30,34)/b8-6+,16-7+/t18?,19-,22?,23?,27?,28+/m1/s1. The molecule has 2 fully saturated rings. The summed E-state index contributed by atoms with van der Waals surface area (Å²) in [6.45, 7) is 3.88. The van der Waals surface area contributed by atoms with Crippen LogP contribution in [0.1, 0.15) is 45.1 Å². The van der Waals surface area contributed by atoms with E-state index in [2.05, 4.69) is 5.32 Å². The van der Waals surface area contributed by atoms with E-state index in [0.29, 0.717) is 35.7 Å². The van der Waals surface area contributed by atoms with Crippen LogP contribution in [-0.2, 0) is 20.7 Å². The van der Waals surface area contributed by atoms with Gasteiger partial charge in [0.05, 0.1) is 25.3 Å². The van der Waals surface area contributed by atoms with E-state index in [1.807, 2.05) is 32.1 Å². The van der Waals surface area contributed by atoms with Crippen LogP contribution >= 0.6 is 11.6 Å². The molecule has 6 atom stereocenters. The number of anilines is 1. The monoisotopic (exact) mass is 548 g/mol. The molecule has 3 N–H and O–H groups in total. The summed E-state index contributed by atoms with van der Waals surface area (Å²) in [5.41, 5.74) is 0.210. The number of methoxy groups -OCH3 is 2. The van der Waals surface area contributed by atoms with Gasteiger partial charge in [-0.15, -0.1) is 0 Å². The molecule has 1 aromatic rings. The maximum Gasteiger partial charge on any atom is 0.409 e. The van der Waals surface area contributed by atoms with Crippen molar-refractivity contribution in [3.8, 4) is 5.75 Å². The number of carbonyl (C=O) groups is 2. The number of hydrogen-bond donors (Lipinski definition) is 3. The lowest BCUT2D eigenvalue weighted by Crippen LogP contribution is -2.62. The first-order valence-electron chi connectivity index (χ1n) is 12.8. The third kappa shape index (κ3) is 5.71.